The van der Waals surface area contributed by atoms with Crippen LogP contribution in [0.1, 0.15) is 27.0 Å². The fraction of sp³-hybridized carbons (Fsp3) is 0.235. The molecule has 0 aromatic heterocycles. The number of methoxy groups -OCH3 is 2. The first-order valence-corrected chi connectivity index (χ1v) is 6.51. The summed E-state index contributed by atoms with van der Waals surface area (Å²) < 4.78 is 23.7. The predicted octanol–water partition coefficient (Wildman–Crippen LogP) is 3.69. The molecule has 0 aliphatic carbocycles. The molecule has 0 aliphatic rings. The Balaban J connectivity index is 2.50. The monoisotopic (exact) mass is 288 g/mol. The summed E-state index contributed by atoms with van der Waals surface area (Å²) in [5, 5.41) is 0. The Morgan fingerprint density at radius 2 is 1.52 bits per heavy atom. The Bertz CT molecular complexity index is 669. The topological polar surface area (TPSA) is 35.5 Å². The average molecular weight is 288 g/mol. The predicted molar refractivity (Wildman–Crippen MR) is 78.9 cm³/mol. The molecule has 3 nitrogen and oxygen atoms in total. The largest absolute Gasteiger partial charge is 0.493 e. The molecule has 4 heteroatoms. The number of aryl methyl sites for hydroxylation is 2. The van der Waals surface area contributed by atoms with E-state index in [1.807, 2.05) is 0 Å². The summed E-state index contributed by atoms with van der Waals surface area (Å²) in [7, 11) is 3.05. The molecule has 0 aliphatic heterocycles. The van der Waals surface area contributed by atoms with Crippen molar-refractivity contribution in [3.05, 3.63) is 58.4 Å². The van der Waals surface area contributed by atoms with Gasteiger partial charge in [-0.1, -0.05) is 0 Å². The van der Waals surface area contributed by atoms with Crippen LogP contribution in [0.5, 0.6) is 11.5 Å². The van der Waals surface area contributed by atoms with Gasteiger partial charge >= 0.3 is 0 Å². The van der Waals surface area contributed by atoms with E-state index in [9.17, 15) is 9.18 Å². The summed E-state index contributed by atoms with van der Waals surface area (Å²) in [6.07, 6.45) is 0. The van der Waals surface area contributed by atoms with Gasteiger partial charge in [0.2, 0.25) is 0 Å². The standard InChI is InChI=1S/C17H17FO3/c1-10-7-13(18)8-11(2)16(10)17(19)12-5-6-14(20-3)15(9-12)21-4/h5-9H,1-4H3. The zero-order valence-corrected chi connectivity index (χ0v) is 12.5. The maximum atomic E-state index is 13.3. The number of hydrogen-bond donors (Lipinski definition) is 0. The third-order valence-electron chi connectivity index (χ3n) is 3.37. The third kappa shape index (κ3) is 2.89. The van der Waals surface area contributed by atoms with E-state index in [4.69, 9.17) is 9.47 Å². The first kappa shape index (κ1) is 15.0. The summed E-state index contributed by atoms with van der Waals surface area (Å²) in [6.45, 7) is 3.45. The zero-order valence-electron chi connectivity index (χ0n) is 12.5. The molecule has 0 N–H and O–H groups in total. The summed E-state index contributed by atoms with van der Waals surface area (Å²) in [5.41, 5.74) is 2.23. The van der Waals surface area contributed by atoms with Crippen LogP contribution in [0.4, 0.5) is 4.39 Å². The van der Waals surface area contributed by atoms with Crippen molar-refractivity contribution in [1.82, 2.24) is 0 Å². The fourth-order valence-corrected chi connectivity index (χ4v) is 2.39. The molecule has 0 fully saturated rings. The Morgan fingerprint density at radius 3 is 2.05 bits per heavy atom. The van der Waals surface area contributed by atoms with E-state index in [2.05, 4.69) is 0 Å². The molecular weight excluding hydrogens is 271 g/mol. The van der Waals surface area contributed by atoms with Gasteiger partial charge in [0.05, 0.1) is 14.2 Å². The molecule has 0 spiro atoms. The molecule has 0 amide bonds. The Hall–Kier alpha value is -2.36. The van der Waals surface area contributed by atoms with Gasteiger partial charge < -0.3 is 9.47 Å². The molecule has 2 rings (SSSR count). The molecule has 2 aromatic carbocycles. The van der Waals surface area contributed by atoms with Crippen molar-refractivity contribution in [3.8, 4) is 11.5 Å². The molecule has 2 aromatic rings. The summed E-state index contributed by atoms with van der Waals surface area (Å²) in [5.74, 6) is 0.544. The van der Waals surface area contributed by atoms with E-state index in [0.29, 0.717) is 33.8 Å². The number of benzene rings is 2. The molecular formula is C17H17FO3. The third-order valence-corrected chi connectivity index (χ3v) is 3.37. The minimum absolute atomic E-state index is 0.161. The molecule has 0 unspecified atom stereocenters. The van der Waals surface area contributed by atoms with Gasteiger partial charge in [0, 0.05) is 11.1 Å². The summed E-state index contributed by atoms with van der Waals surface area (Å²) >= 11 is 0. The van der Waals surface area contributed by atoms with Crippen molar-refractivity contribution in [1.29, 1.82) is 0 Å². The van der Waals surface area contributed by atoms with Crippen molar-refractivity contribution in [2.45, 2.75) is 13.8 Å². The van der Waals surface area contributed by atoms with Crippen LogP contribution < -0.4 is 9.47 Å². The SMILES string of the molecule is COc1ccc(C(=O)c2c(C)cc(F)cc2C)cc1OC. The second-order valence-electron chi connectivity index (χ2n) is 4.81. The first-order valence-electron chi connectivity index (χ1n) is 6.51. The van der Waals surface area contributed by atoms with Crippen molar-refractivity contribution < 1.29 is 18.7 Å². The van der Waals surface area contributed by atoms with Gasteiger partial charge in [-0.3, -0.25) is 4.79 Å². The molecule has 0 radical (unpaired) electrons. The van der Waals surface area contributed by atoms with Crippen LogP contribution in [-0.4, -0.2) is 20.0 Å². The normalized spacial score (nSPS) is 10.3. The lowest BCUT2D eigenvalue weighted by atomic mass is 9.94. The molecule has 0 bridgehead atoms. The Labute approximate surface area is 123 Å². The van der Waals surface area contributed by atoms with E-state index in [0.717, 1.165) is 0 Å². The highest BCUT2D eigenvalue weighted by molar-refractivity contribution is 6.11. The Morgan fingerprint density at radius 1 is 0.952 bits per heavy atom. The maximum absolute atomic E-state index is 13.3. The van der Waals surface area contributed by atoms with Gasteiger partial charge in [0.1, 0.15) is 5.82 Å². The fourth-order valence-electron chi connectivity index (χ4n) is 2.39. The minimum atomic E-state index is -0.339. The van der Waals surface area contributed by atoms with Crippen LogP contribution in [0.25, 0.3) is 0 Å². The smallest absolute Gasteiger partial charge is 0.193 e. The first-order chi connectivity index (χ1) is 9.97. The van der Waals surface area contributed by atoms with Gasteiger partial charge in [0.25, 0.3) is 0 Å². The highest BCUT2D eigenvalue weighted by atomic mass is 19.1. The van der Waals surface area contributed by atoms with Gasteiger partial charge in [-0.15, -0.1) is 0 Å². The molecule has 0 heterocycles. The number of carbonyl (C=O) groups excluding carboxylic acids is 1. The number of rotatable bonds is 4. The van der Waals surface area contributed by atoms with Crippen LogP contribution in [0.15, 0.2) is 30.3 Å². The lowest BCUT2D eigenvalue weighted by molar-refractivity contribution is 0.103. The number of hydrogen-bond acceptors (Lipinski definition) is 3. The minimum Gasteiger partial charge on any atom is -0.493 e. The summed E-state index contributed by atoms with van der Waals surface area (Å²) in [6, 6.07) is 7.71. The summed E-state index contributed by atoms with van der Waals surface area (Å²) in [4.78, 5) is 12.6. The van der Waals surface area contributed by atoms with Gasteiger partial charge in [-0.2, -0.15) is 0 Å². The van der Waals surface area contributed by atoms with E-state index in [-0.39, 0.29) is 11.6 Å². The van der Waals surface area contributed by atoms with E-state index in [1.54, 1.807) is 32.0 Å². The quantitative estimate of drug-likeness (QED) is 0.805. The zero-order chi connectivity index (χ0) is 15.6. The van der Waals surface area contributed by atoms with Crippen molar-refractivity contribution in [3.63, 3.8) is 0 Å². The number of ether oxygens (including phenoxy) is 2. The number of ketones is 1. The maximum Gasteiger partial charge on any atom is 0.193 e. The van der Waals surface area contributed by atoms with Crippen molar-refractivity contribution in [2.24, 2.45) is 0 Å². The lowest BCUT2D eigenvalue weighted by Gasteiger charge is -2.12. The van der Waals surface area contributed by atoms with E-state index >= 15 is 0 Å². The van der Waals surface area contributed by atoms with Crippen LogP contribution in [0.3, 0.4) is 0 Å². The average Bonchev–Trinajstić information content (AvgIpc) is 2.45. The number of halogens is 1. The molecule has 0 saturated heterocycles. The van der Waals surface area contributed by atoms with Gasteiger partial charge in [-0.05, 0) is 55.3 Å². The van der Waals surface area contributed by atoms with Crippen LogP contribution in [-0.2, 0) is 0 Å². The van der Waals surface area contributed by atoms with Gasteiger partial charge in [0.15, 0.2) is 17.3 Å². The molecule has 110 valence electrons. The van der Waals surface area contributed by atoms with Crippen molar-refractivity contribution >= 4 is 5.78 Å². The highest BCUT2D eigenvalue weighted by Gasteiger charge is 2.17. The van der Waals surface area contributed by atoms with E-state index < -0.39 is 0 Å². The van der Waals surface area contributed by atoms with E-state index in [1.165, 1.54) is 26.4 Å². The lowest BCUT2D eigenvalue weighted by Crippen LogP contribution is -2.07. The highest BCUT2D eigenvalue weighted by Crippen LogP contribution is 2.29. The van der Waals surface area contributed by atoms with Crippen LogP contribution in [0, 0.1) is 19.7 Å². The molecule has 0 saturated carbocycles. The van der Waals surface area contributed by atoms with Crippen LogP contribution >= 0.6 is 0 Å². The van der Waals surface area contributed by atoms with Crippen molar-refractivity contribution in [2.75, 3.05) is 14.2 Å². The second-order valence-corrected chi connectivity index (χ2v) is 4.81. The Kier molecular flexibility index (Phi) is 4.26. The van der Waals surface area contributed by atoms with Gasteiger partial charge in [-0.25, -0.2) is 4.39 Å². The number of carbonyl (C=O) groups is 1. The molecule has 21 heavy (non-hydrogen) atoms. The molecule has 0 atom stereocenters. The van der Waals surface area contributed by atoms with Crippen LogP contribution in [0.2, 0.25) is 0 Å². The second kappa shape index (κ2) is 5.95.